The van der Waals surface area contributed by atoms with Crippen molar-refractivity contribution in [2.24, 2.45) is 0 Å². The summed E-state index contributed by atoms with van der Waals surface area (Å²) in [5.74, 6) is -0.134. The maximum Gasteiger partial charge on any atom is 0.254 e. The second kappa shape index (κ2) is 6.00. The Kier molecular flexibility index (Phi) is 4.90. The minimum Gasteiger partial charge on any atom is -0.396 e. The van der Waals surface area contributed by atoms with Crippen molar-refractivity contribution in [3.8, 4) is 0 Å². The SMILES string of the molecule is CCC(CCO)NC(=O)c1cnn(C(C)(C)C)c1. The first-order valence-corrected chi connectivity index (χ1v) is 6.35. The zero-order chi connectivity index (χ0) is 13.8. The number of aliphatic hydroxyl groups is 1. The number of aliphatic hydroxyl groups excluding tert-OH is 1. The van der Waals surface area contributed by atoms with Gasteiger partial charge in [-0.25, -0.2) is 0 Å². The standard InChI is InChI=1S/C13H23N3O2/c1-5-11(6-7-17)15-12(18)10-8-14-16(9-10)13(2,3)4/h8-9,11,17H,5-7H2,1-4H3,(H,15,18). The fourth-order valence-corrected chi connectivity index (χ4v) is 1.61. The second-order valence-corrected chi connectivity index (χ2v) is 5.44. The van der Waals surface area contributed by atoms with Crippen molar-refractivity contribution in [1.82, 2.24) is 15.1 Å². The monoisotopic (exact) mass is 253 g/mol. The summed E-state index contributed by atoms with van der Waals surface area (Å²) in [4.78, 5) is 12.0. The van der Waals surface area contributed by atoms with Crippen LogP contribution >= 0.6 is 0 Å². The van der Waals surface area contributed by atoms with Gasteiger partial charge in [0.25, 0.3) is 5.91 Å². The van der Waals surface area contributed by atoms with E-state index >= 15 is 0 Å². The van der Waals surface area contributed by atoms with Gasteiger partial charge in [-0.3, -0.25) is 9.48 Å². The Bertz CT molecular complexity index is 393. The maximum atomic E-state index is 12.0. The molecule has 1 rings (SSSR count). The Balaban J connectivity index is 2.70. The molecule has 0 saturated heterocycles. The van der Waals surface area contributed by atoms with Crippen LogP contribution in [0.15, 0.2) is 12.4 Å². The molecule has 0 fully saturated rings. The molecular formula is C13H23N3O2. The van der Waals surface area contributed by atoms with Crippen molar-refractivity contribution in [3.05, 3.63) is 18.0 Å². The molecule has 5 heteroatoms. The van der Waals surface area contributed by atoms with Crippen LogP contribution in [0.25, 0.3) is 0 Å². The lowest BCUT2D eigenvalue weighted by atomic mass is 10.1. The number of hydrogen-bond acceptors (Lipinski definition) is 3. The van der Waals surface area contributed by atoms with Crippen LogP contribution in [-0.4, -0.2) is 33.4 Å². The molecule has 5 nitrogen and oxygen atoms in total. The average molecular weight is 253 g/mol. The highest BCUT2D eigenvalue weighted by Gasteiger charge is 2.18. The molecule has 0 aliphatic heterocycles. The van der Waals surface area contributed by atoms with Crippen LogP contribution in [-0.2, 0) is 5.54 Å². The number of nitrogens with one attached hydrogen (secondary N) is 1. The smallest absolute Gasteiger partial charge is 0.254 e. The lowest BCUT2D eigenvalue weighted by Crippen LogP contribution is -2.35. The molecule has 1 aromatic rings. The van der Waals surface area contributed by atoms with Gasteiger partial charge in [0.15, 0.2) is 0 Å². The molecular weight excluding hydrogens is 230 g/mol. The Morgan fingerprint density at radius 3 is 2.67 bits per heavy atom. The van der Waals surface area contributed by atoms with Crippen molar-refractivity contribution >= 4 is 5.91 Å². The van der Waals surface area contributed by atoms with E-state index in [4.69, 9.17) is 5.11 Å². The Morgan fingerprint density at radius 2 is 2.22 bits per heavy atom. The number of nitrogens with zero attached hydrogens (tertiary/aromatic N) is 2. The summed E-state index contributed by atoms with van der Waals surface area (Å²) in [6, 6.07) is 0.0143. The lowest BCUT2D eigenvalue weighted by Gasteiger charge is -2.18. The number of rotatable bonds is 5. The third kappa shape index (κ3) is 3.84. The van der Waals surface area contributed by atoms with Crippen LogP contribution in [0.2, 0.25) is 0 Å². The summed E-state index contributed by atoms with van der Waals surface area (Å²) in [6.45, 7) is 8.16. The van der Waals surface area contributed by atoms with Gasteiger partial charge in [-0.2, -0.15) is 5.10 Å². The maximum absolute atomic E-state index is 12.0. The number of hydrogen-bond donors (Lipinski definition) is 2. The van der Waals surface area contributed by atoms with Crippen LogP contribution in [0.5, 0.6) is 0 Å². The number of carbonyl (C=O) groups excluding carboxylic acids is 1. The molecule has 0 saturated carbocycles. The summed E-state index contributed by atoms with van der Waals surface area (Å²) >= 11 is 0. The molecule has 18 heavy (non-hydrogen) atoms. The average Bonchev–Trinajstić information content (AvgIpc) is 2.77. The van der Waals surface area contributed by atoms with Crippen molar-refractivity contribution in [2.45, 2.75) is 52.1 Å². The fraction of sp³-hybridized carbons (Fsp3) is 0.692. The van der Waals surface area contributed by atoms with E-state index in [1.807, 2.05) is 27.7 Å². The van der Waals surface area contributed by atoms with Gasteiger partial charge in [-0.15, -0.1) is 0 Å². The molecule has 1 atom stereocenters. The molecule has 1 aromatic heterocycles. The van der Waals surface area contributed by atoms with Gasteiger partial charge >= 0.3 is 0 Å². The summed E-state index contributed by atoms with van der Waals surface area (Å²) in [5.41, 5.74) is 0.426. The Labute approximate surface area is 108 Å². The fourth-order valence-electron chi connectivity index (χ4n) is 1.61. The molecule has 1 heterocycles. The molecule has 0 bridgehead atoms. The largest absolute Gasteiger partial charge is 0.396 e. The first kappa shape index (κ1) is 14.7. The predicted molar refractivity (Wildman–Crippen MR) is 70.5 cm³/mol. The number of amides is 1. The highest BCUT2D eigenvalue weighted by atomic mass is 16.3. The van der Waals surface area contributed by atoms with Crippen molar-refractivity contribution in [3.63, 3.8) is 0 Å². The van der Waals surface area contributed by atoms with Crippen molar-refractivity contribution < 1.29 is 9.90 Å². The Hall–Kier alpha value is -1.36. The summed E-state index contributed by atoms with van der Waals surface area (Å²) in [5, 5.41) is 16.0. The van der Waals surface area contributed by atoms with Gasteiger partial charge in [0, 0.05) is 18.8 Å². The molecule has 2 N–H and O–H groups in total. The van der Waals surface area contributed by atoms with Gasteiger partial charge in [-0.05, 0) is 33.6 Å². The van der Waals surface area contributed by atoms with Crippen LogP contribution in [0, 0.1) is 0 Å². The van der Waals surface area contributed by atoms with Gasteiger partial charge in [0.1, 0.15) is 0 Å². The van der Waals surface area contributed by atoms with E-state index in [-0.39, 0.29) is 24.1 Å². The molecule has 102 valence electrons. The topological polar surface area (TPSA) is 67.2 Å². The van der Waals surface area contributed by atoms with Crippen LogP contribution in [0.3, 0.4) is 0 Å². The minimum absolute atomic E-state index is 0.0143. The predicted octanol–water partition coefficient (Wildman–Crippen LogP) is 1.53. The van der Waals surface area contributed by atoms with Gasteiger partial charge in [0.2, 0.25) is 0 Å². The van der Waals surface area contributed by atoms with Gasteiger partial charge < -0.3 is 10.4 Å². The molecule has 0 spiro atoms. The molecule has 0 aliphatic carbocycles. The third-order valence-corrected chi connectivity index (χ3v) is 2.84. The van der Waals surface area contributed by atoms with E-state index in [2.05, 4.69) is 10.4 Å². The van der Waals surface area contributed by atoms with Crippen molar-refractivity contribution in [1.29, 1.82) is 0 Å². The van der Waals surface area contributed by atoms with Crippen LogP contribution in [0.1, 0.15) is 50.9 Å². The molecule has 1 unspecified atom stereocenters. The van der Waals surface area contributed by atoms with Gasteiger partial charge in [0.05, 0.1) is 17.3 Å². The van der Waals surface area contributed by atoms with E-state index in [0.717, 1.165) is 6.42 Å². The summed E-state index contributed by atoms with van der Waals surface area (Å²) in [7, 11) is 0. The van der Waals surface area contributed by atoms with Crippen LogP contribution in [0.4, 0.5) is 0 Å². The first-order valence-electron chi connectivity index (χ1n) is 6.35. The van der Waals surface area contributed by atoms with Crippen molar-refractivity contribution in [2.75, 3.05) is 6.61 Å². The molecule has 0 aliphatic rings. The first-order chi connectivity index (χ1) is 8.38. The third-order valence-electron chi connectivity index (χ3n) is 2.84. The molecule has 0 radical (unpaired) electrons. The van der Waals surface area contributed by atoms with E-state index < -0.39 is 0 Å². The van der Waals surface area contributed by atoms with E-state index in [9.17, 15) is 4.79 Å². The van der Waals surface area contributed by atoms with E-state index in [1.165, 1.54) is 0 Å². The minimum atomic E-state index is -0.134. The lowest BCUT2D eigenvalue weighted by molar-refractivity contribution is 0.0929. The van der Waals surface area contributed by atoms with Crippen LogP contribution < -0.4 is 5.32 Å². The highest BCUT2D eigenvalue weighted by molar-refractivity contribution is 5.93. The molecule has 1 amide bonds. The highest BCUT2D eigenvalue weighted by Crippen LogP contribution is 2.13. The quantitative estimate of drug-likeness (QED) is 0.836. The zero-order valence-electron chi connectivity index (χ0n) is 11.6. The number of carbonyl (C=O) groups is 1. The summed E-state index contributed by atoms with van der Waals surface area (Å²) < 4.78 is 1.77. The molecule has 0 aromatic carbocycles. The Morgan fingerprint density at radius 1 is 1.56 bits per heavy atom. The van der Waals surface area contributed by atoms with E-state index in [1.54, 1.807) is 17.1 Å². The van der Waals surface area contributed by atoms with E-state index in [0.29, 0.717) is 12.0 Å². The van der Waals surface area contributed by atoms with Gasteiger partial charge in [-0.1, -0.05) is 6.92 Å². The summed E-state index contributed by atoms with van der Waals surface area (Å²) in [6.07, 6.45) is 4.71. The normalized spacial score (nSPS) is 13.4. The number of aromatic nitrogens is 2. The second-order valence-electron chi connectivity index (χ2n) is 5.44. The zero-order valence-corrected chi connectivity index (χ0v) is 11.6.